The summed E-state index contributed by atoms with van der Waals surface area (Å²) in [5, 5.41) is 2.69. The van der Waals surface area contributed by atoms with Crippen molar-refractivity contribution in [2.75, 3.05) is 11.9 Å². The van der Waals surface area contributed by atoms with E-state index in [2.05, 4.69) is 21.2 Å². The highest BCUT2D eigenvalue weighted by Crippen LogP contribution is 2.39. The van der Waals surface area contributed by atoms with Crippen LogP contribution in [0, 0.1) is 5.82 Å². The van der Waals surface area contributed by atoms with E-state index in [-0.39, 0.29) is 0 Å². The number of anilines is 1. The number of nitrogens with one attached hydrogen (secondary N) is 1. The monoisotopic (exact) mass is 506 g/mol. The van der Waals surface area contributed by atoms with Gasteiger partial charge in [-0.15, -0.1) is 0 Å². The highest BCUT2D eigenvalue weighted by atomic mass is 79.9. The molecule has 1 aliphatic rings. The minimum atomic E-state index is -4.76. The molecule has 1 N–H and O–H groups in total. The third-order valence-corrected chi connectivity index (χ3v) is 5.61. The van der Waals surface area contributed by atoms with Crippen molar-refractivity contribution in [3.05, 3.63) is 99.3 Å². The molecule has 2 amide bonds. The van der Waals surface area contributed by atoms with E-state index >= 15 is 0 Å². The molecule has 1 heterocycles. The lowest BCUT2D eigenvalue weighted by Gasteiger charge is -2.31. The van der Waals surface area contributed by atoms with Crippen LogP contribution < -0.4 is 5.32 Å². The van der Waals surface area contributed by atoms with Gasteiger partial charge in [-0.2, -0.15) is 13.2 Å². The van der Waals surface area contributed by atoms with Crippen LogP contribution in [0.15, 0.2) is 71.2 Å². The first-order valence-electron chi connectivity index (χ1n) is 9.47. The molecule has 0 spiro atoms. The molecule has 9 heteroatoms. The maximum Gasteiger partial charge on any atom is 0.417 e. The fourth-order valence-electron chi connectivity index (χ4n) is 3.74. The maximum atomic E-state index is 13.6. The lowest BCUT2D eigenvalue weighted by molar-refractivity contribution is -0.138. The Morgan fingerprint density at radius 1 is 1.03 bits per heavy atom. The molecule has 3 aromatic carbocycles. The van der Waals surface area contributed by atoms with Crippen LogP contribution in [0.5, 0.6) is 0 Å². The van der Waals surface area contributed by atoms with E-state index < -0.39 is 47.5 Å². The topological polar surface area (TPSA) is 49.4 Å². The van der Waals surface area contributed by atoms with Crippen LogP contribution >= 0.6 is 15.9 Å². The number of alkyl halides is 3. The van der Waals surface area contributed by atoms with Gasteiger partial charge in [-0.05, 0) is 48.0 Å². The zero-order valence-electron chi connectivity index (χ0n) is 16.3. The fourth-order valence-corrected chi connectivity index (χ4v) is 4.12. The highest BCUT2D eigenvalue weighted by molar-refractivity contribution is 9.10. The second-order valence-electron chi connectivity index (χ2n) is 7.21. The summed E-state index contributed by atoms with van der Waals surface area (Å²) in [7, 11) is 0. The van der Waals surface area contributed by atoms with E-state index in [0.29, 0.717) is 21.3 Å². The van der Waals surface area contributed by atoms with Crippen LogP contribution in [0.2, 0.25) is 0 Å². The number of rotatable bonds is 2. The molecule has 3 aromatic rings. The molecule has 0 radical (unpaired) electrons. The molecule has 0 aromatic heterocycles. The summed E-state index contributed by atoms with van der Waals surface area (Å²) in [6.45, 7) is -0.487. The Labute approximate surface area is 189 Å². The second-order valence-corrected chi connectivity index (χ2v) is 8.13. The van der Waals surface area contributed by atoms with Crippen molar-refractivity contribution in [2.45, 2.75) is 12.2 Å². The molecule has 0 fully saturated rings. The van der Waals surface area contributed by atoms with Gasteiger partial charge in [0.25, 0.3) is 5.91 Å². The Morgan fingerprint density at radius 3 is 2.41 bits per heavy atom. The van der Waals surface area contributed by atoms with Gasteiger partial charge < -0.3 is 10.2 Å². The van der Waals surface area contributed by atoms with Gasteiger partial charge >= 0.3 is 6.18 Å². The number of benzene rings is 3. The largest absolute Gasteiger partial charge is 0.417 e. The van der Waals surface area contributed by atoms with Crippen molar-refractivity contribution < 1.29 is 27.2 Å². The molecule has 1 atom stereocenters. The number of hydrogen-bond acceptors (Lipinski definition) is 2. The van der Waals surface area contributed by atoms with Crippen LogP contribution in [0.4, 0.5) is 23.2 Å². The number of fused-ring (bicyclic) bond motifs is 1. The molecule has 32 heavy (non-hydrogen) atoms. The van der Waals surface area contributed by atoms with Crippen molar-refractivity contribution >= 4 is 33.4 Å². The Morgan fingerprint density at radius 2 is 1.72 bits per heavy atom. The summed E-state index contributed by atoms with van der Waals surface area (Å²) in [5.74, 6) is -2.03. The van der Waals surface area contributed by atoms with Gasteiger partial charge in [-0.1, -0.05) is 40.2 Å². The number of amides is 2. The van der Waals surface area contributed by atoms with Gasteiger partial charge in [0.05, 0.1) is 17.2 Å². The molecule has 1 aliphatic heterocycles. The average Bonchev–Trinajstić information content (AvgIpc) is 2.89. The van der Waals surface area contributed by atoms with Gasteiger partial charge in [-0.3, -0.25) is 9.59 Å². The van der Waals surface area contributed by atoms with E-state index in [1.807, 2.05) is 0 Å². The Balaban J connectivity index is 1.92. The molecule has 0 saturated carbocycles. The predicted molar refractivity (Wildman–Crippen MR) is 113 cm³/mol. The maximum absolute atomic E-state index is 13.6. The van der Waals surface area contributed by atoms with Crippen molar-refractivity contribution in [1.82, 2.24) is 4.90 Å². The van der Waals surface area contributed by atoms with E-state index in [1.54, 1.807) is 18.2 Å². The molecule has 4 nitrogen and oxygen atoms in total. The van der Waals surface area contributed by atoms with E-state index in [9.17, 15) is 27.2 Å². The molecule has 0 unspecified atom stereocenters. The van der Waals surface area contributed by atoms with Crippen LogP contribution in [0.1, 0.15) is 33.1 Å². The van der Waals surface area contributed by atoms with Crippen LogP contribution in [0.25, 0.3) is 0 Å². The van der Waals surface area contributed by atoms with Crippen molar-refractivity contribution in [3.63, 3.8) is 0 Å². The van der Waals surface area contributed by atoms with Gasteiger partial charge in [0.15, 0.2) is 0 Å². The molecule has 0 bridgehead atoms. The number of carbonyl (C=O) groups is 2. The van der Waals surface area contributed by atoms with Crippen LogP contribution in [0.3, 0.4) is 0 Å². The smallest absolute Gasteiger partial charge is 0.324 e. The predicted octanol–water partition coefficient (Wildman–Crippen LogP) is 5.79. The first kappa shape index (κ1) is 22.0. The van der Waals surface area contributed by atoms with E-state index in [4.69, 9.17) is 0 Å². The third kappa shape index (κ3) is 4.25. The minimum absolute atomic E-state index is 0.409. The first-order chi connectivity index (χ1) is 15.1. The lowest BCUT2D eigenvalue weighted by Crippen LogP contribution is -2.39. The zero-order chi connectivity index (χ0) is 23.0. The Bertz CT molecular complexity index is 1200. The summed E-state index contributed by atoms with van der Waals surface area (Å²) in [6.07, 6.45) is -4.76. The normalized spacial score (nSPS) is 16.2. The molecule has 4 rings (SSSR count). The van der Waals surface area contributed by atoms with E-state index in [1.165, 1.54) is 36.4 Å². The highest BCUT2D eigenvalue weighted by Gasteiger charge is 2.39. The van der Waals surface area contributed by atoms with Crippen LogP contribution in [-0.4, -0.2) is 23.3 Å². The first-order valence-corrected chi connectivity index (χ1v) is 10.3. The molecule has 164 valence electrons. The van der Waals surface area contributed by atoms with Gasteiger partial charge in [0, 0.05) is 15.7 Å². The second kappa shape index (κ2) is 8.38. The molecular formula is C23H15BrF4N2O2. The zero-order valence-corrected chi connectivity index (χ0v) is 17.9. The quantitative estimate of drug-likeness (QED) is 0.447. The Hall–Kier alpha value is -3.20. The minimum Gasteiger partial charge on any atom is -0.324 e. The molecule has 0 saturated heterocycles. The van der Waals surface area contributed by atoms with Crippen LogP contribution in [-0.2, 0) is 11.0 Å². The van der Waals surface area contributed by atoms with Crippen molar-refractivity contribution in [2.24, 2.45) is 0 Å². The van der Waals surface area contributed by atoms with Gasteiger partial charge in [0.2, 0.25) is 5.91 Å². The number of nitrogens with zero attached hydrogens (tertiary/aromatic N) is 1. The SMILES string of the molecule is O=C1CN(C(=O)c2ccccc2C(F)(F)F)[C@H](c2ccc(F)cc2)c2cc(Br)ccc2N1. The summed E-state index contributed by atoms with van der Waals surface area (Å²) in [5.41, 5.74) is -0.331. The standard InChI is InChI=1S/C23H15BrF4N2O2/c24-14-7-10-19-17(11-14)21(13-5-8-15(25)9-6-13)30(12-20(31)29-19)22(32)16-3-1-2-4-18(16)23(26,27)28/h1-11,21H,12H2,(H,29,31)/t21-/m1/s1. The lowest BCUT2D eigenvalue weighted by atomic mass is 9.94. The fraction of sp³-hybridized carbons (Fsp3) is 0.130. The van der Waals surface area contributed by atoms with Crippen molar-refractivity contribution in [3.8, 4) is 0 Å². The average molecular weight is 507 g/mol. The van der Waals surface area contributed by atoms with E-state index in [0.717, 1.165) is 17.0 Å². The number of halogens is 5. The van der Waals surface area contributed by atoms with Gasteiger partial charge in [0.1, 0.15) is 12.4 Å². The molecule has 0 aliphatic carbocycles. The summed E-state index contributed by atoms with van der Waals surface area (Å²) < 4.78 is 55.0. The summed E-state index contributed by atoms with van der Waals surface area (Å²) in [6, 6.07) is 13.8. The van der Waals surface area contributed by atoms with Gasteiger partial charge in [-0.25, -0.2) is 4.39 Å². The number of carbonyl (C=O) groups excluding carboxylic acids is 2. The third-order valence-electron chi connectivity index (χ3n) is 5.12. The summed E-state index contributed by atoms with van der Waals surface area (Å²) in [4.78, 5) is 27.1. The van der Waals surface area contributed by atoms with Crippen molar-refractivity contribution in [1.29, 1.82) is 0 Å². The summed E-state index contributed by atoms with van der Waals surface area (Å²) >= 11 is 3.36. The molecular weight excluding hydrogens is 492 g/mol. The Kier molecular flexibility index (Phi) is 5.77. The number of hydrogen-bond donors (Lipinski definition) is 1.